The Balaban J connectivity index is 1.17. The Labute approximate surface area is 449 Å². The zero-order valence-corrected chi connectivity index (χ0v) is 43.8. The van der Waals surface area contributed by atoms with E-state index in [1.54, 1.807) is 67.7 Å². The van der Waals surface area contributed by atoms with E-state index in [1.807, 2.05) is 12.1 Å². The van der Waals surface area contributed by atoms with Gasteiger partial charge in [-0.25, -0.2) is 0 Å². The van der Waals surface area contributed by atoms with Crippen LogP contribution in [0, 0.1) is 0 Å². The maximum absolute atomic E-state index is 13.0. The maximum Gasteiger partial charge on any atom is 0.283 e. The van der Waals surface area contributed by atoms with E-state index >= 15 is 0 Å². The lowest BCUT2D eigenvalue weighted by atomic mass is 10.0. The number of hydrogen-bond donors (Lipinski definition) is 7. The number of amides is 3. The van der Waals surface area contributed by atoms with Crippen LogP contribution in [0.3, 0.4) is 0 Å². The van der Waals surface area contributed by atoms with Crippen LogP contribution in [0.2, 0.25) is 0 Å². The molecule has 4 aromatic heterocycles. The summed E-state index contributed by atoms with van der Waals surface area (Å²) in [6, 6.07) is 24.7. The van der Waals surface area contributed by atoms with Crippen LogP contribution in [-0.2, 0) is 61.2 Å². The second-order valence-electron chi connectivity index (χ2n) is 18.6. The van der Waals surface area contributed by atoms with Crippen LogP contribution in [0.1, 0.15) is 47.6 Å². The van der Waals surface area contributed by atoms with Gasteiger partial charge < -0.3 is 51.0 Å². The topological polar surface area (TPSA) is 297 Å². The summed E-state index contributed by atoms with van der Waals surface area (Å²) in [6.45, 7) is 4.81. The van der Waals surface area contributed by atoms with Crippen LogP contribution in [0.5, 0.6) is 0 Å². The standard InChI is InChI=1S/C53H71N11O14/c1-54-47(65)19-28-76-30-32-78-33-31-77-29-20-48(66)55-21-18-49(67)56-41-16-14-40(15-17-41)34-46-38-59(37-44-8-4-12-52(70)63(44)74)25-24-57(35-42-6-2-10-50(68)61(42)72)22-23-58(36-43-7-3-11-51(69)62(43)73)26-27-60(46)39-45-9-5-13-53(71)64(45)75/h2-17,46,72-75H,18-39H2,1H3,(H,54,65)(H,55,66)(H,56,67). The van der Waals surface area contributed by atoms with Crippen molar-refractivity contribution in [3.63, 3.8) is 0 Å². The molecule has 1 saturated heterocycles. The predicted molar refractivity (Wildman–Crippen MR) is 284 cm³/mol. The number of benzene rings is 1. The lowest BCUT2D eigenvalue weighted by Gasteiger charge is -2.39. The summed E-state index contributed by atoms with van der Waals surface area (Å²) in [5.41, 5.74) is 0.231. The van der Waals surface area contributed by atoms with Crippen molar-refractivity contribution in [1.29, 1.82) is 0 Å². The van der Waals surface area contributed by atoms with E-state index in [4.69, 9.17) is 14.2 Å². The first-order chi connectivity index (χ1) is 37.7. The molecule has 1 atom stereocenters. The Hall–Kier alpha value is -7.65. The molecule has 1 unspecified atom stereocenters. The summed E-state index contributed by atoms with van der Waals surface area (Å²) < 4.78 is 18.6. The fraction of sp³-hybridized carbons (Fsp3) is 0.453. The molecule has 3 amide bonds. The smallest absolute Gasteiger partial charge is 0.283 e. The Bertz CT molecular complexity index is 2960. The minimum atomic E-state index is -0.622. The summed E-state index contributed by atoms with van der Waals surface area (Å²) in [6.07, 6.45) is 0.770. The lowest BCUT2D eigenvalue weighted by molar-refractivity contribution is -0.123. The van der Waals surface area contributed by atoms with Gasteiger partial charge in [-0.2, -0.15) is 18.9 Å². The summed E-state index contributed by atoms with van der Waals surface area (Å²) in [7, 11) is 1.56. The maximum atomic E-state index is 13.0. The number of carbonyl (C=O) groups excluding carboxylic acids is 3. The van der Waals surface area contributed by atoms with Crippen LogP contribution < -0.4 is 38.2 Å². The van der Waals surface area contributed by atoms with Gasteiger partial charge >= 0.3 is 0 Å². The third kappa shape index (κ3) is 19.1. The number of aromatic nitrogens is 4. The first-order valence-electron chi connectivity index (χ1n) is 25.8. The molecule has 1 aromatic carbocycles. The quantitative estimate of drug-likeness (QED) is 0.0288. The van der Waals surface area contributed by atoms with Gasteiger partial charge in [0.05, 0.1) is 62.4 Å². The highest BCUT2D eigenvalue weighted by molar-refractivity contribution is 5.91. The molecule has 422 valence electrons. The van der Waals surface area contributed by atoms with Crippen LogP contribution in [0.15, 0.2) is 116 Å². The van der Waals surface area contributed by atoms with Gasteiger partial charge in [-0.3, -0.25) is 53.2 Å². The SMILES string of the molecule is CNC(=O)CCOCCOCCOCCC(=O)NCCC(=O)Nc1ccc(CC2CN(Cc3cccc(=O)n3O)CCN(Cc3cccc(=O)n3O)CCN(Cc3cccc(=O)n3O)CCN2Cc2cccc(=O)n2O)cc1. The highest BCUT2D eigenvalue weighted by Crippen LogP contribution is 2.20. The number of pyridine rings is 4. The molecule has 0 bridgehead atoms. The summed E-state index contributed by atoms with van der Waals surface area (Å²) in [5, 5.41) is 51.6. The van der Waals surface area contributed by atoms with Crippen molar-refractivity contribution in [2.45, 2.75) is 57.9 Å². The monoisotopic (exact) mass is 1090 g/mol. The first kappa shape index (κ1) is 59.6. The van der Waals surface area contributed by atoms with Gasteiger partial charge in [-0.1, -0.05) is 36.4 Å². The molecule has 1 aliphatic heterocycles. The van der Waals surface area contributed by atoms with Gasteiger partial charge in [-0.05, 0) is 48.4 Å². The molecule has 0 spiro atoms. The molecule has 0 saturated carbocycles. The zero-order valence-electron chi connectivity index (χ0n) is 43.8. The van der Waals surface area contributed by atoms with E-state index < -0.39 is 28.3 Å². The van der Waals surface area contributed by atoms with Crippen LogP contribution in [-0.4, -0.2) is 182 Å². The lowest BCUT2D eigenvalue weighted by Crippen LogP contribution is -2.51. The average molecular weight is 1090 g/mol. The molecule has 78 heavy (non-hydrogen) atoms. The fourth-order valence-electron chi connectivity index (χ4n) is 8.70. The van der Waals surface area contributed by atoms with Gasteiger partial charge in [-0.15, -0.1) is 0 Å². The fourth-order valence-corrected chi connectivity index (χ4v) is 8.70. The van der Waals surface area contributed by atoms with Gasteiger partial charge in [0.25, 0.3) is 22.2 Å². The highest BCUT2D eigenvalue weighted by atomic mass is 16.5. The Morgan fingerprint density at radius 3 is 1.37 bits per heavy atom. The third-order valence-corrected chi connectivity index (χ3v) is 13.1. The van der Waals surface area contributed by atoms with Crippen LogP contribution in [0.25, 0.3) is 0 Å². The molecule has 25 heteroatoms. The number of nitrogens with zero attached hydrogens (tertiary/aromatic N) is 8. The summed E-state index contributed by atoms with van der Waals surface area (Å²) in [4.78, 5) is 95.5. The van der Waals surface area contributed by atoms with E-state index in [0.717, 1.165) is 5.56 Å². The van der Waals surface area contributed by atoms with Crippen molar-refractivity contribution < 1.29 is 49.4 Å². The van der Waals surface area contributed by atoms with Crippen molar-refractivity contribution in [3.8, 4) is 0 Å². The van der Waals surface area contributed by atoms with Gasteiger partial charge in [0, 0.05) is 141 Å². The van der Waals surface area contributed by atoms with Crippen molar-refractivity contribution in [2.75, 3.05) is 104 Å². The molecule has 7 N–H and O–H groups in total. The van der Waals surface area contributed by atoms with Crippen LogP contribution in [0.4, 0.5) is 5.69 Å². The predicted octanol–water partition coefficient (Wildman–Crippen LogP) is 0.237. The molecular formula is C53H71N11O14. The Morgan fingerprint density at radius 2 is 0.897 bits per heavy atom. The summed E-state index contributed by atoms with van der Waals surface area (Å²) >= 11 is 0. The molecule has 5 aromatic rings. The van der Waals surface area contributed by atoms with Crippen LogP contribution >= 0.6 is 0 Å². The van der Waals surface area contributed by atoms with Gasteiger partial charge in [0.1, 0.15) is 0 Å². The molecular weight excluding hydrogens is 1010 g/mol. The van der Waals surface area contributed by atoms with E-state index in [-0.39, 0.29) is 82.9 Å². The molecule has 6 rings (SSSR count). The van der Waals surface area contributed by atoms with Crippen molar-refractivity contribution in [1.82, 2.24) is 49.2 Å². The second-order valence-corrected chi connectivity index (χ2v) is 18.6. The molecule has 25 nitrogen and oxygen atoms in total. The van der Waals surface area contributed by atoms with E-state index in [0.29, 0.717) is 126 Å². The highest BCUT2D eigenvalue weighted by Gasteiger charge is 2.27. The van der Waals surface area contributed by atoms with E-state index in [2.05, 4.69) is 35.6 Å². The first-order valence-corrected chi connectivity index (χ1v) is 25.8. The third-order valence-electron chi connectivity index (χ3n) is 13.1. The minimum absolute atomic E-state index is 0.0128. The zero-order chi connectivity index (χ0) is 55.8. The Morgan fingerprint density at radius 1 is 0.487 bits per heavy atom. The van der Waals surface area contributed by atoms with E-state index in [9.17, 15) is 54.4 Å². The second kappa shape index (κ2) is 30.9. The number of nitrogens with one attached hydrogen (secondary N) is 3. The number of carbonyl (C=O) groups is 3. The minimum Gasteiger partial charge on any atom is -0.425 e. The Kier molecular flexibility index (Phi) is 23.6. The largest absolute Gasteiger partial charge is 0.425 e. The molecule has 1 fully saturated rings. The molecule has 5 heterocycles. The normalized spacial score (nSPS) is 15.3. The summed E-state index contributed by atoms with van der Waals surface area (Å²) in [5.74, 6) is -0.695. The van der Waals surface area contributed by atoms with Gasteiger partial charge in [0.15, 0.2) is 0 Å². The van der Waals surface area contributed by atoms with E-state index in [1.165, 1.54) is 24.3 Å². The number of anilines is 1. The molecule has 0 aliphatic carbocycles. The van der Waals surface area contributed by atoms with Crippen molar-refractivity contribution >= 4 is 23.4 Å². The average Bonchev–Trinajstić information content (AvgIpc) is 3.42. The molecule has 1 aliphatic rings. The van der Waals surface area contributed by atoms with Crippen molar-refractivity contribution in [2.24, 2.45) is 0 Å². The number of rotatable bonds is 26. The number of hydrogen-bond acceptors (Lipinski definition) is 18. The molecule has 0 radical (unpaired) electrons. The van der Waals surface area contributed by atoms with Gasteiger partial charge in [0.2, 0.25) is 17.7 Å². The number of ether oxygens (including phenoxy) is 3. The van der Waals surface area contributed by atoms with Crippen molar-refractivity contribution in [3.05, 3.63) is 167 Å².